The number of amides is 1. The van der Waals surface area contributed by atoms with Gasteiger partial charge in [0, 0.05) is 25.1 Å². The van der Waals surface area contributed by atoms with Crippen LogP contribution in [-0.2, 0) is 13.1 Å². The van der Waals surface area contributed by atoms with Gasteiger partial charge in [-0.3, -0.25) is 24.4 Å². The van der Waals surface area contributed by atoms with E-state index in [-0.39, 0.29) is 40.9 Å². The van der Waals surface area contributed by atoms with Gasteiger partial charge in [-0.15, -0.1) is 0 Å². The Labute approximate surface area is 198 Å². The average Bonchev–Trinajstić information content (AvgIpc) is 2.86. The van der Waals surface area contributed by atoms with E-state index in [1.54, 1.807) is 53.5 Å². The minimum absolute atomic E-state index is 0.0418. The quantitative estimate of drug-likeness (QED) is 0.387. The molecule has 0 saturated carbocycles. The number of halogens is 1. The van der Waals surface area contributed by atoms with Crippen LogP contribution in [0.3, 0.4) is 0 Å². The molecule has 1 aromatic carbocycles. The predicted molar refractivity (Wildman–Crippen MR) is 128 cm³/mol. The largest absolute Gasteiger partial charge is 0.348 e. The van der Waals surface area contributed by atoms with Crippen LogP contribution in [0.5, 0.6) is 0 Å². The fraction of sp³-hybridized carbons (Fsp3) is 0.115. The molecule has 35 heavy (non-hydrogen) atoms. The summed E-state index contributed by atoms with van der Waals surface area (Å²) in [5.74, 6) is -0.880. The summed E-state index contributed by atoms with van der Waals surface area (Å²) < 4.78 is 16.2. The number of aryl methyl sites for hydroxylation is 1. The number of carbonyl (C=O) groups excluding carboxylic acids is 1. The molecule has 0 aliphatic rings. The average molecular weight is 468 g/mol. The molecule has 5 rings (SSSR count). The van der Waals surface area contributed by atoms with Crippen LogP contribution >= 0.6 is 0 Å². The summed E-state index contributed by atoms with van der Waals surface area (Å²) in [5, 5.41) is 11.8. The summed E-state index contributed by atoms with van der Waals surface area (Å²) in [6.45, 7) is 2.24. The van der Waals surface area contributed by atoms with Gasteiger partial charge in [-0.05, 0) is 60.0 Å². The van der Waals surface area contributed by atoms with E-state index in [0.717, 1.165) is 11.1 Å². The Morgan fingerprint density at radius 2 is 1.80 bits per heavy atom. The third-order valence-electron chi connectivity index (χ3n) is 5.83. The molecule has 5 aromatic rings. The van der Waals surface area contributed by atoms with E-state index in [9.17, 15) is 14.0 Å². The van der Waals surface area contributed by atoms with Crippen molar-refractivity contribution in [3.63, 3.8) is 0 Å². The molecule has 0 aliphatic heterocycles. The fourth-order valence-corrected chi connectivity index (χ4v) is 3.97. The van der Waals surface area contributed by atoms with Gasteiger partial charge in [-0.1, -0.05) is 18.2 Å². The zero-order valence-electron chi connectivity index (χ0n) is 18.8. The van der Waals surface area contributed by atoms with Crippen LogP contribution in [0.1, 0.15) is 27.0 Å². The van der Waals surface area contributed by atoms with Gasteiger partial charge in [0.1, 0.15) is 22.6 Å². The first-order chi connectivity index (χ1) is 16.9. The number of carbonyl (C=O) groups is 1. The number of rotatable bonds is 5. The third kappa shape index (κ3) is 4.19. The molecule has 0 bridgehead atoms. The van der Waals surface area contributed by atoms with Gasteiger partial charge in [0.25, 0.3) is 11.5 Å². The summed E-state index contributed by atoms with van der Waals surface area (Å²) in [6, 6.07) is 14.4. The Morgan fingerprint density at radius 3 is 2.54 bits per heavy atom. The summed E-state index contributed by atoms with van der Waals surface area (Å²) in [4.78, 5) is 35.3. The molecule has 0 aliphatic carbocycles. The van der Waals surface area contributed by atoms with Crippen LogP contribution in [0.25, 0.3) is 16.7 Å². The molecule has 0 saturated heterocycles. The summed E-state index contributed by atoms with van der Waals surface area (Å²) in [7, 11) is 0. The summed E-state index contributed by atoms with van der Waals surface area (Å²) in [5.41, 5.74) is 2.81. The number of benzene rings is 1. The maximum Gasteiger partial charge on any atom is 0.267 e. The lowest BCUT2D eigenvalue weighted by Crippen LogP contribution is -2.35. The van der Waals surface area contributed by atoms with Crippen molar-refractivity contribution in [2.75, 3.05) is 0 Å². The first-order valence-corrected chi connectivity index (χ1v) is 10.9. The molecule has 174 valence electrons. The van der Waals surface area contributed by atoms with Crippen LogP contribution < -0.4 is 16.4 Å². The van der Waals surface area contributed by atoms with Gasteiger partial charge >= 0.3 is 0 Å². The molecule has 4 aromatic heterocycles. The second-order valence-electron chi connectivity index (χ2n) is 8.20. The van der Waals surface area contributed by atoms with E-state index in [4.69, 9.17) is 10.4 Å². The highest BCUT2D eigenvalue weighted by molar-refractivity contribution is 5.96. The third-order valence-corrected chi connectivity index (χ3v) is 5.83. The Kier molecular flexibility index (Phi) is 5.66. The topological polar surface area (TPSA) is 105 Å². The Morgan fingerprint density at radius 1 is 1.06 bits per heavy atom. The second-order valence-corrected chi connectivity index (χ2v) is 8.20. The van der Waals surface area contributed by atoms with Crippen molar-refractivity contribution in [1.29, 1.82) is 5.41 Å². The predicted octanol–water partition coefficient (Wildman–Crippen LogP) is 2.95. The standard InChI is InChI=1S/C26H21FN6O2/c1-16-3-2-12-32-23(16)31-24-21(26(32)35)13-20(22(28)33(24)15-18-8-10-29-11-9-18)25(34)30-14-17-4-6-19(27)7-5-17/h2-13,28H,14-15H2,1H3,(H,30,34). The highest BCUT2D eigenvalue weighted by Gasteiger charge is 2.18. The number of pyridine rings is 3. The molecule has 8 nitrogen and oxygen atoms in total. The van der Waals surface area contributed by atoms with Gasteiger partial charge in [0.15, 0.2) is 0 Å². The maximum atomic E-state index is 13.4. The summed E-state index contributed by atoms with van der Waals surface area (Å²) >= 11 is 0. The van der Waals surface area contributed by atoms with Crippen molar-refractivity contribution in [2.24, 2.45) is 0 Å². The smallest absolute Gasteiger partial charge is 0.267 e. The minimum atomic E-state index is -0.515. The van der Waals surface area contributed by atoms with Crippen molar-refractivity contribution < 1.29 is 9.18 Å². The lowest BCUT2D eigenvalue weighted by Gasteiger charge is -2.15. The molecular weight excluding hydrogens is 447 g/mol. The normalized spacial score (nSPS) is 11.1. The lowest BCUT2D eigenvalue weighted by atomic mass is 10.1. The highest BCUT2D eigenvalue weighted by atomic mass is 19.1. The van der Waals surface area contributed by atoms with E-state index in [1.165, 1.54) is 22.6 Å². The monoisotopic (exact) mass is 468 g/mol. The van der Waals surface area contributed by atoms with Crippen molar-refractivity contribution in [2.45, 2.75) is 20.0 Å². The van der Waals surface area contributed by atoms with Gasteiger partial charge in [-0.25, -0.2) is 9.37 Å². The number of nitrogens with one attached hydrogen (secondary N) is 2. The zero-order valence-corrected chi connectivity index (χ0v) is 18.8. The van der Waals surface area contributed by atoms with Gasteiger partial charge < -0.3 is 9.88 Å². The molecular formula is C26H21FN6O2. The van der Waals surface area contributed by atoms with E-state index in [0.29, 0.717) is 16.9 Å². The van der Waals surface area contributed by atoms with Crippen LogP contribution in [0, 0.1) is 18.2 Å². The molecule has 4 heterocycles. The Balaban J connectivity index is 1.67. The van der Waals surface area contributed by atoms with Crippen molar-refractivity contribution in [3.8, 4) is 0 Å². The Bertz CT molecular complexity index is 1690. The van der Waals surface area contributed by atoms with Crippen LogP contribution in [0.4, 0.5) is 4.39 Å². The maximum absolute atomic E-state index is 13.4. The number of hydrogen-bond donors (Lipinski definition) is 2. The van der Waals surface area contributed by atoms with Crippen LogP contribution in [-0.4, -0.2) is 24.8 Å². The second kappa shape index (κ2) is 8.94. The summed E-state index contributed by atoms with van der Waals surface area (Å²) in [6.07, 6.45) is 4.92. The number of hydrogen-bond acceptors (Lipinski definition) is 5. The lowest BCUT2D eigenvalue weighted by molar-refractivity contribution is 0.0948. The van der Waals surface area contributed by atoms with Crippen molar-refractivity contribution >= 4 is 22.6 Å². The molecule has 0 radical (unpaired) electrons. The molecule has 9 heteroatoms. The van der Waals surface area contributed by atoms with E-state index < -0.39 is 5.91 Å². The zero-order chi connectivity index (χ0) is 24.5. The first kappa shape index (κ1) is 22.1. The van der Waals surface area contributed by atoms with E-state index in [2.05, 4.69) is 10.3 Å². The minimum Gasteiger partial charge on any atom is -0.348 e. The molecule has 0 unspecified atom stereocenters. The Hall–Kier alpha value is -4.66. The fourth-order valence-electron chi connectivity index (χ4n) is 3.97. The molecule has 0 atom stereocenters. The van der Waals surface area contributed by atoms with E-state index >= 15 is 0 Å². The van der Waals surface area contributed by atoms with Gasteiger partial charge in [-0.2, -0.15) is 0 Å². The first-order valence-electron chi connectivity index (χ1n) is 10.9. The molecule has 0 fully saturated rings. The number of aromatic nitrogens is 4. The van der Waals surface area contributed by atoms with Crippen molar-refractivity contribution in [3.05, 3.63) is 117 Å². The van der Waals surface area contributed by atoms with Crippen LogP contribution in [0.15, 0.2) is 78.0 Å². The van der Waals surface area contributed by atoms with E-state index in [1.807, 2.05) is 13.0 Å². The van der Waals surface area contributed by atoms with Crippen molar-refractivity contribution in [1.82, 2.24) is 24.3 Å². The number of nitrogens with zero attached hydrogens (tertiary/aromatic N) is 4. The molecule has 2 N–H and O–H groups in total. The highest BCUT2D eigenvalue weighted by Crippen LogP contribution is 2.14. The molecule has 1 amide bonds. The van der Waals surface area contributed by atoms with Crippen LogP contribution in [0.2, 0.25) is 0 Å². The number of fused-ring (bicyclic) bond motifs is 2. The van der Waals surface area contributed by atoms with Gasteiger partial charge in [0.05, 0.1) is 17.5 Å². The SMILES string of the molecule is Cc1cccn2c(=O)c3cc(C(=O)NCc4ccc(F)cc4)c(=N)n(Cc4ccncc4)c3nc12. The molecule has 0 spiro atoms. The van der Waals surface area contributed by atoms with Gasteiger partial charge in [0.2, 0.25) is 0 Å².